The monoisotopic (exact) mass is 181 g/mol. The Labute approximate surface area is 80.2 Å². The molecule has 0 aromatic carbocycles. The molecule has 2 heterocycles. The van der Waals surface area contributed by atoms with Crippen LogP contribution >= 0.6 is 0 Å². The molecule has 1 N–H and O–H groups in total. The van der Waals surface area contributed by atoms with Crippen LogP contribution in [0.1, 0.15) is 26.7 Å². The van der Waals surface area contributed by atoms with Crippen molar-refractivity contribution < 1.29 is 5.11 Å². The van der Waals surface area contributed by atoms with E-state index in [0.717, 1.165) is 0 Å². The van der Waals surface area contributed by atoms with Gasteiger partial charge < -0.3 is 5.11 Å². The van der Waals surface area contributed by atoms with Gasteiger partial charge in [0.15, 0.2) is 0 Å². The highest BCUT2D eigenvalue weighted by molar-refractivity contribution is 5.14. The Hall–Kier alpha value is -0.340. The topological polar surface area (TPSA) is 23.5 Å². The smallest absolute Gasteiger partial charge is 0.0669 e. The lowest BCUT2D eigenvalue weighted by Gasteiger charge is -2.39. The number of nitrogens with zero attached hydrogens (tertiary/aromatic N) is 1. The third kappa shape index (κ3) is 1.42. The van der Waals surface area contributed by atoms with Gasteiger partial charge in [-0.15, -0.1) is 0 Å². The summed E-state index contributed by atoms with van der Waals surface area (Å²) in [4.78, 5) is 2.41. The Balaban J connectivity index is 2.24. The van der Waals surface area contributed by atoms with Crippen molar-refractivity contribution in [3.05, 3.63) is 12.2 Å². The molecular weight excluding hydrogens is 162 g/mol. The summed E-state index contributed by atoms with van der Waals surface area (Å²) in [6, 6.07) is 1.18. The van der Waals surface area contributed by atoms with Crippen LogP contribution in [0.25, 0.3) is 0 Å². The molecule has 0 aromatic rings. The maximum atomic E-state index is 10.0. The molecular formula is C11H19NO. The van der Waals surface area contributed by atoms with Crippen LogP contribution in [0.2, 0.25) is 0 Å². The lowest BCUT2D eigenvalue weighted by atomic mass is 9.82. The molecule has 0 amide bonds. The average Bonchev–Trinajstić information content (AvgIpc) is 2.31. The molecule has 2 aliphatic heterocycles. The lowest BCUT2D eigenvalue weighted by molar-refractivity contribution is 0.000105. The van der Waals surface area contributed by atoms with E-state index < -0.39 is 5.60 Å². The Bertz CT molecular complexity index is 229. The first kappa shape index (κ1) is 9.22. The number of aliphatic hydroxyl groups is 1. The van der Waals surface area contributed by atoms with Crippen LogP contribution in [0.5, 0.6) is 0 Å². The number of fused-ring (bicyclic) bond motifs is 2. The molecule has 0 aromatic heterocycles. The van der Waals surface area contributed by atoms with Gasteiger partial charge in [-0.3, -0.25) is 4.90 Å². The number of hydrogen-bond donors (Lipinski definition) is 1. The second kappa shape index (κ2) is 2.82. The maximum absolute atomic E-state index is 10.0. The molecule has 3 atom stereocenters. The summed E-state index contributed by atoms with van der Waals surface area (Å²) in [6.45, 7) is 3.82. The van der Waals surface area contributed by atoms with Crippen molar-refractivity contribution in [1.82, 2.24) is 4.90 Å². The first-order valence-electron chi connectivity index (χ1n) is 5.13. The van der Waals surface area contributed by atoms with E-state index >= 15 is 0 Å². The van der Waals surface area contributed by atoms with Crippen LogP contribution in [0, 0.1) is 5.92 Å². The molecule has 2 heteroatoms. The minimum atomic E-state index is -0.579. The second-order valence-corrected chi connectivity index (χ2v) is 4.94. The predicted octanol–water partition coefficient (Wildman–Crippen LogP) is 1.41. The van der Waals surface area contributed by atoms with Gasteiger partial charge in [-0.2, -0.15) is 0 Å². The fraction of sp³-hybridized carbons (Fsp3) is 0.818. The molecule has 0 aliphatic carbocycles. The minimum absolute atomic E-state index is 0.302. The minimum Gasteiger partial charge on any atom is -0.390 e. The Morgan fingerprint density at radius 1 is 1.31 bits per heavy atom. The summed E-state index contributed by atoms with van der Waals surface area (Å²) in [5, 5.41) is 10.0. The molecule has 1 fully saturated rings. The summed E-state index contributed by atoms with van der Waals surface area (Å²) < 4.78 is 0. The third-order valence-electron chi connectivity index (χ3n) is 3.58. The van der Waals surface area contributed by atoms with Gasteiger partial charge in [-0.1, -0.05) is 12.2 Å². The third-order valence-corrected chi connectivity index (χ3v) is 3.58. The Morgan fingerprint density at radius 3 is 2.62 bits per heavy atom. The molecule has 0 spiro atoms. The van der Waals surface area contributed by atoms with Gasteiger partial charge in [0.2, 0.25) is 0 Å². The van der Waals surface area contributed by atoms with E-state index in [1.165, 1.54) is 12.8 Å². The first-order valence-corrected chi connectivity index (χ1v) is 5.13. The molecule has 2 aliphatic rings. The van der Waals surface area contributed by atoms with Crippen LogP contribution in [0.15, 0.2) is 12.2 Å². The first-order chi connectivity index (χ1) is 6.00. The van der Waals surface area contributed by atoms with Crippen molar-refractivity contribution >= 4 is 0 Å². The van der Waals surface area contributed by atoms with Crippen molar-refractivity contribution in [2.75, 3.05) is 7.05 Å². The fourth-order valence-electron chi connectivity index (χ4n) is 2.74. The standard InChI is InChI=1S/C11H19NO/c1-11(2,13)9-6-4-8-5-7-10(9)12(8)3/h4,6,8-10,13H,5,7H2,1-3H3/t8-,9+,10-/m0/s1. The normalized spacial score (nSPS) is 39.8. The molecule has 2 nitrogen and oxygen atoms in total. The largest absolute Gasteiger partial charge is 0.390 e. The van der Waals surface area contributed by atoms with E-state index in [1.807, 2.05) is 13.8 Å². The van der Waals surface area contributed by atoms with Crippen molar-refractivity contribution in [2.45, 2.75) is 44.4 Å². The van der Waals surface area contributed by atoms with Crippen molar-refractivity contribution in [2.24, 2.45) is 5.92 Å². The van der Waals surface area contributed by atoms with Gasteiger partial charge in [-0.05, 0) is 33.7 Å². The molecule has 0 radical (unpaired) electrons. The maximum Gasteiger partial charge on any atom is 0.0669 e. The van der Waals surface area contributed by atoms with E-state index in [4.69, 9.17) is 0 Å². The van der Waals surface area contributed by atoms with Gasteiger partial charge in [0, 0.05) is 18.0 Å². The van der Waals surface area contributed by atoms with E-state index in [2.05, 4.69) is 24.1 Å². The van der Waals surface area contributed by atoms with E-state index in [0.29, 0.717) is 18.0 Å². The number of hydrogen-bond acceptors (Lipinski definition) is 2. The Morgan fingerprint density at radius 2 is 2.00 bits per heavy atom. The van der Waals surface area contributed by atoms with Crippen LogP contribution in [0.4, 0.5) is 0 Å². The average molecular weight is 181 g/mol. The van der Waals surface area contributed by atoms with Crippen molar-refractivity contribution in [3.63, 3.8) is 0 Å². The zero-order valence-corrected chi connectivity index (χ0v) is 8.70. The summed E-state index contributed by atoms with van der Waals surface area (Å²) in [7, 11) is 2.17. The fourth-order valence-corrected chi connectivity index (χ4v) is 2.74. The predicted molar refractivity (Wildman–Crippen MR) is 53.5 cm³/mol. The number of rotatable bonds is 1. The van der Waals surface area contributed by atoms with Crippen LogP contribution < -0.4 is 0 Å². The molecule has 0 saturated carbocycles. The molecule has 1 saturated heterocycles. The lowest BCUT2D eigenvalue weighted by Crippen LogP contribution is -2.47. The molecule has 2 bridgehead atoms. The van der Waals surface area contributed by atoms with Gasteiger partial charge in [0.25, 0.3) is 0 Å². The van der Waals surface area contributed by atoms with Crippen LogP contribution in [-0.4, -0.2) is 34.7 Å². The van der Waals surface area contributed by atoms with Crippen LogP contribution in [0.3, 0.4) is 0 Å². The zero-order valence-electron chi connectivity index (χ0n) is 8.70. The van der Waals surface area contributed by atoms with E-state index in [-0.39, 0.29) is 0 Å². The highest BCUT2D eigenvalue weighted by Gasteiger charge is 2.42. The SMILES string of the molecule is CN1[C@H]2C=C[C@@H](C(C)(C)O)[C@@H]1CC2. The number of likely N-dealkylation sites (N-methyl/N-ethyl adjacent to an activating group) is 1. The quantitative estimate of drug-likeness (QED) is 0.618. The highest BCUT2D eigenvalue weighted by Crippen LogP contribution is 2.38. The molecule has 2 rings (SSSR count). The Kier molecular flexibility index (Phi) is 2.00. The summed E-state index contributed by atoms with van der Waals surface area (Å²) in [5.41, 5.74) is -0.579. The molecule has 74 valence electrons. The van der Waals surface area contributed by atoms with E-state index in [1.54, 1.807) is 0 Å². The zero-order chi connectivity index (χ0) is 9.64. The summed E-state index contributed by atoms with van der Waals surface area (Å²) in [5.74, 6) is 0.302. The van der Waals surface area contributed by atoms with Gasteiger partial charge in [-0.25, -0.2) is 0 Å². The van der Waals surface area contributed by atoms with Gasteiger partial charge in [0.1, 0.15) is 0 Å². The molecule has 13 heavy (non-hydrogen) atoms. The second-order valence-electron chi connectivity index (χ2n) is 4.94. The van der Waals surface area contributed by atoms with Crippen LogP contribution in [-0.2, 0) is 0 Å². The van der Waals surface area contributed by atoms with Gasteiger partial charge in [0.05, 0.1) is 5.60 Å². The van der Waals surface area contributed by atoms with E-state index in [9.17, 15) is 5.11 Å². The highest BCUT2D eigenvalue weighted by atomic mass is 16.3. The van der Waals surface area contributed by atoms with Crippen molar-refractivity contribution in [3.8, 4) is 0 Å². The van der Waals surface area contributed by atoms with Gasteiger partial charge >= 0.3 is 0 Å². The molecule has 0 unspecified atom stereocenters. The van der Waals surface area contributed by atoms with Crippen molar-refractivity contribution in [1.29, 1.82) is 0 Å². The summed E-state index contributed by atoms with van der Waals surface area (Å²) in [6.07, 6.45) is 6.95. The summed E-state index contributed by atoms with van der Waals surface area (Å²) >= 11 is 0.